The molecule has 0 fully saturated rings. The molecule has 0 aliphatic rings. The van der Waals surface area contributed by atoms with Crippen molar-refractivity contribution in [2.24, 2.45) is 5.92 Å². The Morgan fingerprint density at radius 2 is 1.80 bits per heavy atom. The molecule has 1 amide bonds. The van der Waals surface area contributed by atoms with Crippen molar-refractivity contribution in [3.63, 3.8) is 0 Å². The number of carbonyl (C=O) groups excluding carboxylic acids is 1. The quantitative estimate of drug-likeness (QED) is 0.857. The first-order valence-corrected chi connectivity index (χ1v) is 9.62. The molecule has 1 N–H and O–H groups in total. The summed E-state index contributed by atoms with van der Waals surface area (Å²) in [5.74, 6) is 0.144. The molecule has 5 nitrogen and oxygen atoms in total. The van der Waals surface area contributed by atoms with E-state index in [1.807, 2.05) is 26.8 Å². The zero-order valence-corrected chi connectivity index (χ0v) is 15.8. The molecule has 0 unspecified atom stereocenters. The Morgan fingerprint density at radius 3 is 2.44 bits per heavy atom. The van der Waals surface area contributed by atoms with E-state index in [4.69, 9.17) is 0 Å². The maximum absolute atomic E-state index is 12.6. The van der Waals surface area contributed by atoms with Crippen LogP contribution >= 0.6 is 0 Å². The van der Waals surface area contributed by atoms with Gasteiger partial charge in [-0.15, -0.1) is 0 Å². The number of benzene rings is 2. The highest BCUT2D eigenvalue weighted by atomic mass is 32.2. The van der Waals surface area contributed by atoms with Crippen molar-refractivity contribution < 1.29 is 13.2 Å². The molecule has 134 valence electrons. The lowest BCUT2D eigenvalue weighted by atomic mass is 10.1. The number of hydrogen-bond acceptors (Lipinski definition) is 3. The Kier molecular flexibility index (Phi) is 5.85. The maximum atomic E-state index is 12.6. The lowest BCUT2D eigenvalue weighted by Gasteiger charge is -2.19. The highest BCUT2D eigenvalue weighted by molar-refractivity contribution is 7.92. The predicted octanol–water partition coefficient (Wildman–Crippen LogP) is 3.52. The van der Waals surface area contributed by atoms with Gasteiger partial charge >= 0.3 is 0 Å². The molecule has 0 saturated heterocycles. The van der Waals surface area contributed by atoms with E-state index >= 15 is 0 Å². The Bertz CT molecular complexity index is 860. The Balaban J connectivity index is 2.26. The van der Waals surface area contributed by atoms with Gasteiger partial charge in [0.25, 0.3) is 15.9 Å². The van der Waals surface area contributed by atoms with Gasteiger partial charge in [0.2, 0.25) is 0 Å². The first-order valence-electron chi connectivity index (χ1n) is 8.14. The van der Waals surface area contributed by atoms with Crippen molar-refractivity contribution in [1.29, 1.82) is 0 Å². The lowest BCUT2D eigenvalue weighted by molar-refractivity contribution is 0.0779. The molecule has 2 aromatic carbocycles. The highest BCUT2D eigenvalue weighted by Gasteiger charge is 2.18. The first kappa shape index (κ1) is 19.0. The summed E-state index contributed by atoms with van der Waals surface area (Å²) >= 11 is 0. The van der Waals surface area contributed by atoms with E-state index in [0.717, 1.165) is 5.56 Å². The molecule has 6 heteroatoms. The molecule has 0 aliphatic heterocycles. The molecule has 0 spiro atoms. The molecular weight excluding hydrogens is 336 g/mol. The molecule has 25 heavy (non-hydrogen) atoms. The Morgan fingerprint density at radius 1 is 1.12 bits per heavy atom. The van der Waals surface area contributed by atoms with Gasteiger partial charge in [0.05, 0.1) is 4.90 Å². The number of nitrogens with zero attached hydrogens (tertiary/aromatic N) is 1. The summed E-state index contributed by atoms with van der Waals surface area (Å²) in [5.41, 5.74) is 1.81. The second-order valence-corrected chi connectivity index (χ2v) is 8.26. The van der Waals surface area contributed by atoms with Crippen LogP contribution in [-0.4, -0.2) is 32.8 Å². The first-order chi connectivity index (χ1) is 11.7. The van der Waals surface area contributed by atoms with Crippen LogP contribution in [0.2, 0.25) is 0 Å². The molecule has 0 aromatic heterocycles. The Hall–Kier alpha value is -2.34. The van der Waals surface area contributed by atoms with Gasteiger partial charge in [-0.3, -0.25) is 9.52 Å². The zero-order valence-electron chi connectivity index (χ0n) is 15.0. The standard InChI is InChI=1S/C19H24N2O3S/c1-14(2)13-21(4)19(22)16-8-6-10-18(12-16)25(23,24)20-17-9-5-7-15(3)11-17/h5-12,14,20H,13H2,1-4H3. The molecule has 0 atom stereocenters. The minimum atomic E-state index is -3.76. The largest absolute Gasteiger partial charge is 0.341 e. The zero-order chi connectivity index (χ0) is 18.6. The SMILES string of the molecule is Cc1cccc(NS(=O)(=O)c2cccc(C(=O)N(C)CC(C)C)c2)c1. The van der Waals surface area contributed by atoms with Crippen LogP contribution < -0.4 is 4.72 Å². The molecule has 0 heterocycles. The van der Waals surface area contributed by atoms with Gasteiger partial charge < -0.3 is 4.90 Å². The number of rotatable bonds is 6. The van der Waals surface area contributed by atoms with Crippen LogP contribution in [0.3, 0.4) is 0 Å². The maximum Gasteiger partial charge on any atom is 0.261 e. The van der Waals surface area contributed by atoms with E-state index in [1.54, 1.807) is 42.3 Å². The van der Waals surface area contributed by atoms with Gasteiger partial charge in [0, 0.05) is 24.8 Å². The van der Waals surface area contributed by atoms with Crippen LogP contribution in [0.1, 0.15) is 29.8 Å². The van der Waals surface area contributed by atoms with Crippen molar-refractivity contribution in [3.8, 4) is 0 Å². The smallest absolute Gasteiger partial charge is 0.261 e. The van der Waals surface area contributed by atoms with Gasteiger partial charge in [-0.2, -0.15) is 0 Å². The molecule has 0 saturated carbocycles. The van der Waals surface area contributed by atoms with Crippen LogP contribution in [0.15, 0.2) is 53.4 Å². The number of amides is 1. The van der Waals surface area contributed by atoms with E-state index in [9.17, 15) is 13.2 Å². The second-order valence-electron chi connectivity index (χ2n) is 6.58. The highest BCUT2D eigenvalue weighted by Crippen LogP contribution is 2.19. The summed E-state index contributed by atoms with van der Waals surface area (Å²) in [7, 11) is -2.04. The summed E-state index contributed by atoms with van der Waals surface area (Å²) in [6.07, 6.45) is 0. The number of carbonyl (C=O) groups is 1. The molecule has 0 bridgehead atoms. The second kappa shape index (κ2) is 7.70. The van der Waals surface area contributed by atoms with Crippen molar-refractivity contribution in [3.05, 3.63) is 59.7 Å². The molecule has 0 radical (unpaired) electrons. The molecule has 2 aromatic rings. The number of aryl methyl sites for hydroxylation is 1. The number of nitrogens with one attached hydrogen (secondary N) is 1. The third-order valence-corrected chi connectivity index (χ3v) is 5.03. The fourth-order valence-electron chi connectivity index (χ4n) is 2.57. The summed E-state index contributed by atoms with van der Waals surface area (Å²) in [5, 5.41) is 0. The molecular formula is C19H24N2O3S. The van der Waals surface area contributed by atoms with Gasteiger partial charge in [-0.25, -0.2) is 8.42 Å². The van der Waals surface area contributed by atoms with E-state index in [0.29, 0.717) is 23.7 Å². The van der Waals surface area contributed by atoms with Crippen LogP contribution in [0, 0.1) is 12.8 Å². The fraction of sp³-hybridized carbons (Fsp3) is 0.316. The summed E-state index contributed by atoms with van der Waals surface area (Å²) in [4.78, 5) is 14.1. The van der Waals surface area contributed by atoms with Crippen LogP contribution in [0.25, 0.3) is 0 Å². The van der Waals surface area contributed by atoms with Crippen molar-refractivity contribution in [1.82, 2.24) is 4.90 Å². The lowest BCUT2D eigenvalue weighted by Crippen LogP contribution is -2.30. The van der Waals surface area contributed by atoms with E-state index in [1.165, 1.54) is 12.1 Å². The minimum absolute atomic E-state index is 0.0674. The summed E-state index contributed by atoms with van der Waals surface area (Å²) in [6.45, 7) is 6.55. The fourth-order valence-corrected chi connectivity index (χ4v) is 3.66. The van der Waals surface area contributed by atoms with Crippen molar-refractivity contribution in [2.45, 2.75) is 25.7 Å². The average Bonchev–Trinajstić information content (AvgIpc) is 2.53. The van der Waals surface area contributed by atoms with Crippen LogP contribution in [0.5, 0.6) is 0 Å². The summed E-state index contributed by atoms with van der Waals surface area (Å²) in [6, 6.07) is 13.2. The van der Waals surface area contributed by atoms with Crippen molar-refractivity contribution >= 4 is 21.6 Å². The van der Waals surface area contributed by atoms with Crippen LogP contribution in [0.4, 0.5) is 5.69 Å². The third-order valence-electron chi connectivity index (χ3n) is 3.65. The van der Waals surface area contributed by atoms with Gasteiger partial charge in [-0.1, -0.05) is 32.0 Å². The van der Waals surface area contributed by atoms with Gasteiger partial charge in [0.1, 0.15) is 0 Å². The van der Waals surface area contributed by atoms with Crippen LogP contribution in [-0.2, 0) is 10.0 Å². The minimum Gasteiger partial charge on any atom is -0.341 e. The van der Waals surface area contributed by atoms with Gasteiger partial charge in [0.15, 0.2) is 0 Å². The third kappa shape index (κ3) is 5.06. The number of anilines is 1. The normalized spacial score (nSPS) is 11.4. The van der Waals surface area contributed by atoms with E-state index in [-0.39, 0.29) is 10.8 Å². The predicted molar refractivity (Wildman–Crippen MR) is 100 cm³/mol. The topological polar surface area (TPSA) is 66.5 Å². The van der Waals surface area contributed by atoms with E-state index < -0.39 is 10.0 Å². The number of hydrogen-bond donors (Lipinski definition) is 1. The molecule has 2 rings (SSSR count). The number of sulfonamides is 1. The molecule has 0 aliphatic carbocycles. The Labute approximate surface area is 149 Å². The van der Waals surface area contributed by atoms with Gasteiger partial charge in [-0.05, 0) is 48.7 Å². The summed E-state index contributed by atoms with van der Waals surface area (Å²) < 4.78 is 27.7. The van der Waals surface area contributed by atoms with E-state index in [2.05, 4.69) is 4.72 Å². The average molecular weight is 360 g/mol. The monoisotopic (exact) mass is 360 g/mol. The van der Waals surface area contributed by atoms with Crippen molar-refractivity contribution in [2.75, 3.05) is 18.3 Å².